The fourth-order valence-electron chi connectivity index (χ4n) is 3.55. The van der Waals surface area contributed by atoms with Crippen LogP contribution in [-0.2, 0) is 12.8 Å². The van der Waals surface area contributed by atoms with Crippen molar-refractivity contribution in [3.05, 3.63) is 64.7 Å². The van der Waals surface area contributed by atoms with Crippen LogP contribution in [0.25, 0.3) is 0 Å². The Labute approximate surface area is 125 Å². The van der Waals surface area contributed by atoms with E-state index in [0.717, 1.165) is 43.6 Å². The van der Waals surface area contributed by atoms with E-state index in [1.165, 1.54) is 16.7 Å². The van der Waals surface area contributed by atoms with Gasteiger partial charge in [0, 0.05) is 5.92 Å². The van der Waals surface area contributed by atoms with E-state index < -0.39 is 0 Å². The highest BCUT2D eigenvalue weighted by Crippen LogP contribution is 2.36. The Bertz CT molecular complexity index is 662. The van der Waals surface area contributed by atoms with Crippen molar-refractivity contribution in [2.24, 2.45) is 0 Å². The predicted octanol–water partition coefficient (Wildman–Crippen LogP) is 3.78. The van der Waals surface area contributed by atoms with Gasteiger partial charge in [0.1, 0.15) is 5.75 Å². The zero-order valence-electron chi connectivity index (χ0n) is 12.1. The van der Waals surface area contributed by atoms with Gasteiger partial charge in [0.2, 0.25) is 0 Å². The number of aliphatic hydroxyl groups excluding tert-OH is 1. The summed E-state index contributed by atoms with van der Waals surface area (Å²) in [7, 11) is 0. The van der Waals surface area contributed by atoms with Gasteiger partial charge < -0.3 is 9.84 Å². The molecular weight excluding hydrogens is 260 g/mol. The van der Waals surface area contributed by atoms with Gasteiger partial charge >= 0.3 is 0 Å². The molecule has 4 rings (SSSR count). The van der Waals surface area contributed by atoms with Crippen LogP contribution in [-0.4, -0.2) is 11.7 Å². The smallest absolute Gasteiger partial charge is 0.119 e. The molecule has 2 aromatic rings. The van der Waals surface area contributed by atoms with Crippen molar-refractivity contribution < 1.29 is 9.84 Å². The molecule has 2 unspecified atom stereocenters. The molecule has 2 nitrogen and oxygen atoms in total. The molecule has 0 spiro atoms. The molecule has 0 bridgehead atoms. The van der Waals surface area contributed by atoms with Gasteiger partial charge in [0.05, 0.1) is 12.7 Å². The number of fused-ring (bicyclic) bond motifs is 2. The highest BCUT2D eigenvalue weighted by Gasteiger charge is 2.26. The molecule has 0 amide bonds. The van der Waals surface area contributed by atoms with Gasteiger partial charge in [0.25, 0.3) is 0 Å². The number of aryl methyl sites for hydroxylation is 1. The Morgan fingerprint density at radius 1 is 1.05 bits per heavy atom. The topological polar surface area (TPSA) is 29.5 Å². The number of rotatable bonds is 3. The normalized spacial score (nSPS) is 22.9. The Kier molecular flexibility index (Phi) is 3.19. The molecule has 2 aromatic carbocycles. The average molecular weight is 280 g/mol. The summed E-state index contributed by atoms with van der Waals surface area (Å²) in [6, 6.07) is 14.8. The summed E-state index contributed by atoms with van der Waals surface area (Å²) in [5, 5.41) is 10.1. The van der Waals surface area contributed by atoms with Gasteiger partial charge in [-0.3, -0.25) is 0 Å². The van der Waals surface area contributed by atoms with Crippen LogP contribution in [0.5, 0.6) is 5.75 Å². The van der Waals surface area contributed by atoms with Gasteiger partial charge in [-0.2, -0.15) is 0 Å². The third kappa shape index (κ3) is 2.34. The molecule has 0 saturated heterocycles. The maximum atomic E-state index is 10.1. The maximum absolute atomic E-state index is 10.1. The first-order valence-electron chi connectivity index (χ1n) is 7.83. The molecule has 0 aromatic heterocycles. The summed E-state index contributed by atoms with van der Waals surface area (Å²) in [6.45, 7) is 0.728. The Hall–Kier alpha value is -1.80. The van der Waals surface area contributed by atoms with E-state index in [2.05, 4.69) is 30.3 Å². The second kappa shape index (κ2) is 5.19. The lowest BCUT2D eigenvalue weighted by Gasteiger charge is -2.30. The Balaban J connectivity index is 1.46. The number of benzene rings is 2. The molecule has 0 saturated carbocycles. The molecule has 0 radical (unpaired) electrons. The highest BCUT2D eigenvalue weighted by atomic mass is 16.5. The molecule has 2 atom stereocenters. The minimum atomic E-state index is -0.318. The van der Waals surface area contributed by atoms with Crippen LogP contribution in [0.15, 0.2) is 42.5 Å². The van der Waals surface area contributed by atoms with Gasteiger partial charge in [-0.25, -0.2) is 0 Å². The SMILES string of the molecule is OC1CCCc2ccc(OCC3Cc4ccccc43)cc21. The molecule has 21 heavy (non-hydrogen) atoms. The fraction of sp³-hybridized carbons (Fsp3) is 0.368. The van der Waals surface area contributed by atoms with Gasteiger partial charge in [-0.05, 0) is 60.1 Å². The van der Waals surface area contributed by atoms with Crippen molar-refractivity contribution in [2.45, 2.75) is 37.7 Å². The fourth-order valence-corrected chi connectivity index (χ4v) is 3.55. The maximum Gasteiger partial charge on any atom is 0.119 e. The van der Waals surface area contributed by atoms with E-state index >= 15 is 0 Å². The number of ether oxygens (including phenoxy) is 1. The predicted molar refractivity (Wildman–Crippen MR) is 82.7 cm³/mol. The Morgan fingerprint density at radius 2 is 1.95 bits per heavy atom. The monoisotopic (exact) mass is 280 g/mol. The lowest BCUT2D eigenvalue weighted by atomic mass is 9.78. The zero-order valence-corrected chi connectivity index (χ0v) is 12.1. The summed E-state index contributed by atoms with van der Waals surface area (Å²) in [5.74, 6) is 1.40. The minimum Gasteiger partial charge on any atom is -0.493 e. The first kappa shape index (κ1) is 12.9. The number of hydrogen-bond acceptors (Lipinski definition) is 2. The first-order chi connectivity index (χ1) is 10.3. The van der Waals surface area contributed by atoms with E-state index in [1.807, 2.05) is 12.1 Å². The number of aliphatic hydroxyl groups is 1. The molecule has 0 fully saturated rings. The second-order valence-corrected chi connectivity index (χ2v) is 6.18. The van der Waals surface area contributed by atoms with Crippen LogP contribution in [0, 0.1) is 0 Å². The Morgan fingerprint density at radius 3 is 2.86 bits per heavy atom. The third-order valence-corrected chi connectivity index (χ3v) is 4.81. The lowest BCUT2D eigenvalue weighted by molar-refractivity contribution is 0.156. The van der Waals surface area contributed by atoms with Crippen molar-refractivity contribution in [3.63, 3.8) is 0 Å². The zero-order chi connectivity index (χ0) is 14.2. The van der Waals surface area contributed by atoms with Gasteiger partial charge in [-0.1, -0.05) is 30.3 Å². The summed E-state index contributed by atoms with van der Waals surface area (Å²) >= 11 is 0. The van der Waals surface area contributed by atoms with Crippen LogP contribution in [0.2, 0.25) is 0 Å². The average Bonchev–Trinajstić information content (AvgIpc) is 2.49. The first-order valence-corrected chi connectivity index (χ1v) is 7.83. The standard InChI is InChI=1S/C19H20O2/c20-19-7-3-5-13-8-9-16(11-18(13)19)21-12-15-10-14-4-1-2-6-17(14)15/h1-2,4,6,8-9,11,15,19-20H,3,5,7,10,12H2. The third-order valence-electron chi connectivity index (χ3n) is 4.81. The van der Waals surface area contributed by atoms with Crippen LogP contribution < -0.4 is 4.74 Å². The summed E-state index contributed by atoms with van der Waals surface area (Å²) in [6.07, 6.45) is 3.81. The van der Waals surface area contributed by atoms with Crippen molar-refractivity contribution in [1.29, 1.82) is 0 Å². The quantitative estimate of drug-likeness (QED) is 0.927. The van der Waals surface area contributed by atoms with E-state index in [9.17, 15) is 5.11 Å². The van der Waals surface area contributed by atoms with E-state index in [1.54, 1.807) is 0 Å². The molecule has 0 heterocycles. The molecular formula is C19H20O2. The van der Waals surface area contributed by atoms with E-state index in [0.29, 0.717) is 5.92 Å². The summed E-state index contributed by atoms with van der Waals surface area (Å²) < 4.78 is 5.97. The van der Waals surface area contributed by atoms with Crippen LogP contribution >= 0.6 is 0 Å². The second-order valence-electron chi connectivity index (χ2n) is 6.18. The van der Waals surface area contributed by atoms with Crippen molar-refractivity contribution in [1.82, 2.24) is 0 Å². The van der Waals surface area contributed by atoms with Crippen LogP contribution in [0.3, 0.4) is 0 Å². The molecule has 1 N–H and O–H groups in total. The molecule has 2 aliphatic rings. The lowest BCUT2D eigenvalue weighted by Crippen LogP contribution is -2.23. The molecule has 108 valence electrons. The van der Waals surface area contributed by atoms with Crippen LogP contribution in [0.4, 0.5) is 0 Å². The highest BCUT2D eigenvalue weighted by molar-refractivity contribution is 5.41. The largest absolute Gasteiger partial charge is 0.493 e. The number of hydrogen-bond donors (Lipinski definition) is 1. The summed E-state index contributed by atoms with van der Waals surface area (Å²) in [4.78, 5) is 0. The molecule has 2 heteroatoms. The van der Waals surface area contributed by atoms with Crippen molar-refractivity contribution in [3.8, 4) is 5.75 Å². The molecule has 2 aliphatic carbocycles. The van der Waals surface area contributed by atoms with E-state index in [4.69, 9.17) is 4.74 Å². The van der Waals surface area contributed by atoms with E-state index in [-0.39, 0.29) is 6.10 Å². The van der Waals surface area contributed by atoms with Gasteiger partial charge in [0.15, 0.2) is 0 Å². The van der Waals surface area contributed by atoms with Crippen LogP contribution in [0.1, 0.15) is 47.1 Å². The van der Waals surface area contributed by atoms with Crippen molar-refractivity contribution in [2.75, 3.05) is 6.61 Å². The minimum absolute atomic E-state index is 0.318. The van der Waals surface area contributed by atoms with Crippen molar-refractivity contribution >= 4 is 0 Å². The summed E-state index contributed by atoms with van der Waals surface area (Å²) in [5.41, 5.74) is 5.21. The van der Waals surface area contributed by atoms with Gasteiger partial charge in [-0.15, -0.1) is 0 Å². The molecule has 0 aliphatic heterocycles.